The second-order valence-corrected chi connectivity index (χ2v) is 6.63. The van der Waals surface area contributed by atoms with E-state index in [-0.39, 0.29) is 6.10 Å². The summed E-state index contributed by atoms with van der Waals surface area (Å²) in [5.41, 5.74) is 2.92. The summed E-state index contributed by atoms with van der Waals surface area (Å²) in [6.07, 6.45) is 11.5. The van der Waals surface area contributed by atoms with E-state index in [0.29, 0.717) is 6.61 Å². The van der Waals surface area contributed by atoms with Gasteiger partial charge in [-0.1, -0.05) is 23.8 Å². The van der Waals surface area contributed by atoms with Crippen molar-refractivity contribution in [3.05, 3.63) is 41.5 Å². The first-order valence-corrected chi connectivity index (χ1v) is 9.12. The average molecular weight is 315 g/mol. The van der Waals surface area contributed by atoms with Gasteiger partial charge in [0.05, 0.1) is 6.10 Å². The van der Waals surface area contributed by atoms with E-state index in [2.05, 4.69) is 29.6 Å². The Morgan fingerprint density at radius 2 is 2.22 bits per heavy atom. The van der Waals surface area contributed by atoms with Crippen molar-refractivity contribution in [2.24, 2.45) is 0 Å². The number of nitrogens with one attached hydrogen (secondary N) is 1. The zero-order valence-electron chi connectivity index (χ0n) is 14.1. The van der Waals surface area contributed by atoms with E-state index in [9.17, 15) is 0 Å². The first-order valence-electron chi connectivity index (χ1n) is 9.12. The van der Waals surface area contributed by atoms with E-state index in [1.54, 1.807) is 5.57 Å². The number of rotatable bonds is 8. The van der Waals surface area contributed by atoms with Crippen molar-refractivity contribution in [1.29, 1.82) is 0 Å². The molecule has 1 aliphatic heterocycles. The number of allylic oxidation sites excluding steroid dienone is 1. The summed E-state index contributed by atoms with van der Waals surface area (Å²) >= 11 is 0. The predicted molar refractivity (Wildman–Crippen MR) is 93.8 cm³/mol. The maximum Gasteiger partial charge on any atom is 0.119 e. The number of ether oxygens (including phenoxy) is 2. The molecule has 0 spiro atoms. The van der Waals surface area contributed by atoms with Crippen LogP contribution < -0.4 is 10.1 Å². The zero-order valence-corrected chi connectivity index (χ0v) is 14.1. The highest BCUT2D eigenvalue weighted by Gasteiger charge is 2.15. The van der Waals surface area contributed by atoms with Gasteiger partial charge in [-0.3, -0.25) is 0 Å². The second kappa shape index (κ2) is 9.09. The first kappa shape index (κ1) is 16.5. The molecule has 1 aromatic carbocycles. The summed E-state index contributed by atoms with van der Waals surface area (Å²) in [5.74, 6) is 0.954. The van der Waals surface area contributed by atoms with E-state index in [4.69, 9.17) is 9.47 Å². The van der Waals surface area contributed by atoms with Gasteiger partial charge in [-0.15, -0.1) is 0 Å². The Morgan fingerprint density at radius 1 is 1.22 bits per heavy atom. The first-order chi connectivity index (χ1) is 11.4. The number of benzene rings is 1. The van der Waals surface area contributed by atoms with Crippen LogP contribution in [0.15, 0.2) is 35.9 Å². The maximum atomic E-state index is 5.87. The Morgan fingerprint density at radius 3 is 3.04 bits per heavy atom. The minimum absolute atomic E-state index is 0.278. The van der Waals surface area contributed by atoms with Crippen LogP contribution in [0.25, 0.3) is 0 Å². The zero-order chi connectivity index (χ0) is 15.7. The Labute approximate surface area is 140 Å². The number of hydrogen-bond donors (Lipinski definition) is 1. The third-order valence-electron chi connectivity index (χ3n) is 4.70. The number of hydrogen-bond acceptors (Lipinski definition) is 3. The molecular weight excluding hydrogens is 286 g/mol. The topological polar surface area (TPSA) is 30.5 Å². The van der Waals surface area contributed by atoms with Crippen molar-refractivity contribution in [2.75, 3.05) is 19.8 Å². The largest absolute Gasteiger partial charge is 0.491 e. The fourth-order valence-electron chi connectivity index (χ4n) is 3.32. The van der Waals surface area contributed by atoms with Crippen LogP contribution in [0, 0.1) is 0 Å². The smallest absolute Gasteiger partial charge is 0.119 e. The quantitative estimate of drug-likeness (QED) is 0.575. The predicted octanol–water partition coefficient (Wildman–Crippen LogP) is 4.22. The molecule has 0 saturated carbocycles. The monoisotopic (exact) mass is 315 g/mol. The van der Waals surface area contributed by atoms with E-state index < -0.39 is 0 Å². The van der Waals surface area contributed by atoms with E-state index >= 15 is 0 Å². The van der Waals surface area contributed by atoms with E-state index in [1.165, 1.54) is 37.7 Å². The lowest BCUT2D eigenvalue weighted by Crippen LogP contribution is -2.17. The van der Waals surface area contributed by atoms with Crippen LogP contribution in [-0.2, 0) is 11.3 Å². The molecule has 3 heteroatoms. The Bertz CT molecular complexity index is 506. The summed E-state index contributed by atoms with van der Waals surface area (Å²) < 4.78 is 11.5. The van der Waals surface area contributed by atoms with Gasteiger partial charge in [0.25, 0.3) is 0 Å². The molecular formula is C20H29NO2. The summed E-state index contributed by atoms with van der Waals surface area (Å²) in [4.78, 5) is 0. The Kier molecular flexibility index (Phi) is 6.54. The van der Waals surface area contributed by atoms with Gasteiger partial charge >= 0.3 is 0 Å². The van der Waals surface area contributed by atoms with Crippen molar-refractivity contribution in [3.8, 4) is 5.75 Å². The maximum absolute atomic E-state index is 5.87. The third kappa shape index (κ3) is 5.67. The van der Waals surface area contributed by atoms with Gasteiger partial charge < -0.3 is 14.8 Å². The van der Waals surface area contributed by atoms with Crippen molar-refractivity contribution in [2.45, 2.75) is 57.6 Å². The summed E-state index contributed by atoms with van der Waals surface area (Å²) in [7, 11) is 0. The normalized spacial score (nSPS) is 21.2. The lowest BCUT2D eigenvalue weighted by molar-refractivity contribution is 0.0679. The van der Waals surface area contributed by atoms with Crippen LogP contribution in [0.3, 0.4) is 0 Å². The van der Waals surface area contributed by atoms with Crippen LogP contribution in [0.4, 0.5) is 0 Å². The van der Waals surface area contributed by atoms with Crippen LogP contribution in [0.2, 0.25) is 0 Å². The summed E-state index contributed by atoms with van der Waals surface area (Å²) in [6, 6.07) is 8.41. The average Bonchev–Trinajstić information content (AvgIpc) is 3.12. The minimum atomic E-state index is 0.278. The van der Waals surface area contributed by atoms with Gasteiger partial charge in [0.2, 0.25) is 0 Å². The van der Waals surface area contributed by atoms with Crippen LogP contribution in [-0.4, -0.2) is 25.9 Å². The molecule has 1 aromatic rings. The summed E-state index contributed by atoms with van der Waals surface area (Å²) in [5, 5.41) is 3.55. The molecule has 3 rings (SSSR count). The van der Waals surface area contributed by atoms with Crippen LogP contribution >= 0.6 is 0 Å². The Hall–Kier alpha value is -1.32. The van der Waals surface area contributed by atoms with Crippen molar-refractivity contribution < 1.29 is 9.47 Å². The minimum Gasteiger partial charge on any atom is -0.491 e. The molecule has 126 valence electrons. The highest BCUT2D eigenvalue weighted by molar-refractivity contribution is 5.28. The molecule has 1 atom stereocenters. The molecule has 3 nitrogen and oxygen atoms in total. The molecule has 0 aromatic heterocycles. The van der Waals surface area contributed by atoms with Gasteiger partial charge in [-0.2, -0.15) is 0 Å². The van der Waals surface area contributed by atoms with Gasteiger partial charge in [0.1, 0.15) is 12.4 Å². The highest BCUT2D eigenvalue weighted by Crippen LogP contribution is 2.20. The lowest BCUT2D eigenvalue weighted by atomic mass is 9.97. The fraction of sp³-hybridized carbons (Fsp3) is 0.600. The fourth-order valence-corrected chi connectivity index (χ4v) is 3.32. The van der Waals surface area contributed by atoms with Gasteiger partial charge in [-0.25, -0.2) is 0 Å². The molecule has 1 heterocycles. The third-order valence-corrected chi connectivity index (χ3v) is 4.70. The summed E-state index contributed by atoms with van der Waals surface area (Å²) in [6.45, 7) is 3.52. The van der Waals surface area contributed by atoms with Gasteiger partial charge in [-0.05, 0) is 69.2 Å². The standard InChI is InChI=1S/C20H29NO2/c1-2-6-17(7-3-1)11-12-21-15-18-8-4-9-19(14-18)23-16-20-10-5-13-22-20/h4,6,8-9,14,20-21H,1-3,5,7,10-13,15-16H2. The lowest BCUT2D eigenvalue weighted by Gasteiger charge is -2.14. The SMILES string of the molecule is C1=C(CCNCc2cccc(OCC3CCCO3)c2)CCCC1. The van der Waals surface area contributed by atoms with Gasteiger partial charge in [0.15, 0.2) is 0 Å². The van der Waals surface area contributed by atoms with Gasteiger partial charge in [0, 0.05) is 13.2 Å². The van der Waals surface area contributed by atoms with Crippen LogP contribution in [0.1, 0.15) is 50.5 Å². The van der Waals surface area contributed by atoms with Crippen molar-refractivity contribution in [1.82, 2.24) is 5.32 Å². The van der Waals surface area contributed by atoms with E-state index in [1.807, 2.05) is 6.07 Å². The van der Waals surface area contributed by atoms with Crippen molar-refractivity contribution in [3.63, 3.8) is 0 Å². The molecule has 0 radical (unpaired) electrons. The molecule has 1 N–H and O–H groups in total. The molecule has 0 bridgehead atoms. The second-order valence-electron chi connectivity index (χ2n) is 6.63. The van der Waals surface area contributed by atoms with E-state index in [0.717, 1.165) is 38.3 Å². The molecule has 23 heavy (non-hydrogen) atoms. The Balaban J connectivity index is 1.37. The molecule has 1 saturated heterocycles. The molecule has 0 amide bonds. The molecule has 2 aliphatic rings. The molecule has 1 fully saturated rings. The van der Waals surface area contributed by atoms with Crippen molar-refractivity contribution >= 4 is 0 Å². The highest BCUT2D eigenvalue weighted by atomic mass is 16.5. The molecule has 1 aliphatic carbocycles. The van der Waals surface area contributed by atoms with Crippen LogP contribution in [0.5, 0.6) is 5.75 Å². The molecule has 1 unspecified atom stereocenters.